The van der Waals surface area contributed by atoms with Crippen molar-refractivity contribution < 1.29 is 0 Å². The van der Waals surface area contributed by atoms with Crippen molar-refractivity contribution in [1.29, 1.82) is 0 Å². The molecule has 4 rings (SSSR count). The lowest BCUT2D eigenvalue weighted by Crippen LogP contribution is -2.36. The number of benzene rings is 1. The predicted octanol–water partition coefficient (Wildman–Crippen LogP) is 3.06. The summed E-state index contributed by atoms with van der Waals surface area (Å²) in [6.07, 6.45) is 7.20. The normalized spacial score (nSPS) is 33.6. The number of anilines is 1. The van der Waals surface area contributed by atoms with Crippen LogP contribution in [0.15, 0.2) is 18.2 Å². The summed E-state index contributed by atoms with van der Waals surface area (Å²) in [7, 11) is 0. The number of fused-ring (bicyclic) bond motifs is 3. The number of hydrogen-bond acceptors (Lipinski definition) is 2. The minimum absolute atomic E-state index is 0.987. The third-order valence-electron chi connectivity index (χ3n) is 5.76. The molecule has 3 unspecified atom stereocenters. The van der Waals surface area contributed by atoms with Gasteiger partial charge in [0.25, 0.3) is 0 Å². The van der Waals surface area contributed by atoms with Crippen molar-refractivity contribution in [2.75, 3.05) is 18.8 Å². The van der Waals surface area contributed by atoms with Gasteiger partial charge in [-0.3, -0.25) is 4.90 Å². The first-order valence-electron chi connectivity index (χ1n) is 7.88. The minimum Gasteiger partial charge on any atom is -0.398 e. The van der Waals surface area contributed by atoms with E-state index >= 15 is 0 Å². The number of nitrogens with two attached hydrogens (primary N) is 1. The summed E-state index contributed by atoms with van der Waals surface area (Å²) < 4.78 is 0. The van der Waals surface area contributed by atoms with Crippen LogP contribution in [0.3, 0.4) is 0 Å². The Labute approximate surface area is 116 Å². The van der Waals surface area contributed by atoms with Gasteiger partial charge >= 0.3 is 0 Å². The molecule has 2 fully saturated rings. The summed E-state index contributed by atoms with van der Waals surface area (Å²) in [6, 6.07) is 6.41. The minimum atomic E-state index is 0.987. The lowest BCUT2D eigenvalue weighted by atomic mass is 9.87. The second-order valence-electron chi connectivity index (χ2n) is 6.90. The Morgan fingerprint density at radius 1 is 1.21 bits per heavy atom. The Morgan fingerprint density at radius 2 is 2.16 bits per heavy atom. The Bertz CT molecular complexity index is 482. The summed E-state index contributed by atoms with van der Waals surface area (Å²) in [6.45, 7) is 3.65. The highest BCUT2D eigenvalue weighted by molar-refractivity contribution is 5.51. The summed E-state index contributed by atoms with van der Waals surface area (Å²) in [5.74, 6) is 3.11. The maximum Gasteiger partial charge on any atom is 0.0350 e. The van der Waals surface area contributed by atoms with Crippen LogP contribution in [0.4, 0.5) is 5.69 Å². The zero-order chi connectivity index (χ0) is 12.8. The van der Waals surface area contributed by atoms with Crippen molar-refractivity contribution in [2.45, 2.75) is 38.6 Å². The van der Waals surface area contributed by atoms with Crippen LogP contribution in [-0.4, -0.2) is 18.0 Å². The quantitative estimate of drug-likeness (QED) is 0.824. The molecule has 0 spiro atoms. The van der Waals surface area contributed by atoms with Crippen molar-refractivity contribution in [1.82, 2.24) is 4.90 Å². The average molecular weight is 256 g/mol. The fourth-order valence-electron chi connectivity index (χ4n) is 4.78. The van der Waals surface area contributed by atoms with Gasteiger partial charge in [0, 0.05) is 25.3 Å². The van der Waals surface area contributed by atoms with Crippen molar-refractivity contribution in [3.8, 4) is 0 Å². The van der Waals surface area contributed by atoms with E-state index in [1.54, 1.807) is 0 Å². The SMILES string of the molecule is Nc1cccc2c1CCN(CC1CC3CCC1C3)C2. The molecule has 1 aromatic rings. The van der Waals surface area contributed by atoms with E-state index in [9.17, 15) is 0 Å². The summed E-state index contributed by atoms with van der Waals surface area (Å²) in [4.78, 5) is 2.67. The molecule has 19 heavy (non-hydrogen) atoms. The number of hydrogen-bond donors (Lipinski definition) is 1. The maximum absolute atomic E-state index is 6.08. The van der Waals surface area contributed by atoms with E-state index in [1.165, 1.54) is 49.9 Å². The fourth-order valence-corrected chi connectivity index (χ4v) is 4.78. The van der Waals surface area contributed by atoms with Crippen molar-refractivity contribution in [2.24, 2.45) is 17.8 Å². The van der Waals surface area contributed by atoms with Crippen LogP contribution in [0, 0.1) is 17.8 Å². The molecule has 1 heterocycles. The van der Waals surface area contributed by atoms with Crippen molar-refractivity contribution in [3.63, 3.8) is 0 Å². The molecule has 2 saturated carbocycles. The molecule has 0 aromatic heterocycles. The van der Waals surface area contributed by atoms with Gasteiger partial charge in [-0.15, -0.1) is 0 Å². The zero-order valence-corrected chi connectivity index (χ0v) is 11.6. The largest absolute Gasteiger partial charge is 0.398 e. The van der Waals surface area contributed by atoms with Gasteiger partial charge in [0.2, 0.25) is 0 Å². The highest BCUT2D eigenvalue weighted by atomic mass is 15.1. The van der Waals surface area contributed by atoms with Gasteiger partial charge in [-0.2, -0.15) is 0 Å². The van der Waals surface area contributed by atoms with Crippen LogP contribution in [0.1, 0.15) is 36.8 Å². The first-order valence-corrected chi connectivity index (χ1v) is 7.88. The lowest BCUT2D eigenvalue weighted by molar-refractivity contribution is 0.177. The van der Waals surface area contributed by atoms with E-state index in [-0.39, 0.29) is 0 Å². The Kier molecular flexibility index (Phi) is 2.80. The number of nitrogen functional groups attached to an aromatic ring is 1. The Hall–Kier alpha value is -1.02. The summed E-state index contributed by atoms with van der Waals surface area (Å²) >= 11 is 0. The molecule has 102 valence electrons. The van der Waals surface area contributed by atoms with Gasteiger partial charge in [-0.05, 0) is 60.6 Å². The highest BCUT2D eigenvalue weighted by Gasteiger charge is 2.40. The van der Waals surface area contributed by atoms with E-state index in [0.29, 0.717) is 0 Å². The molecular weight excluding hydrogens is 232 g/mol. The standard InChI is InChI=1S/C17H24N2/c18-17-3-1-2-14-10-19(7-6-16(14)17)11-15-9-12-4-5-13(15)8-12/h1-3,12-13,15H,4-11,18H2. The molecule has 0 radical (unpaired) electrons. The van der Waals surface area contributed by atoms with Crippen molar-refractivity contribution in [3.05, 3.63) is 29.3 Å². The van der Waals surface area contributed by atoms with Gasteiger partial charge in [-0.25, -0.2) is 0 Å². The topological polar surface area (TPSA) is 29.3 Å². The van der Waals surface area contributed by atoms with Crippen LogP contribution in [-0.2, 0) is 13.0 Å². The zero-order valence-electron chi connectivity index (χ0n) is 11.6. The fraction of sp³-hybridized carbons (Fsp3) is 0.647. The average Bonchev–Trinajstić information content (AvgIpc) is 3.01. The second kappa shape index (κ2) is 4.52. The van der Waals surface area contributed by atoms with Gasteiger partial charge in [0.15, 0.2) is 0 Å². The summed E-state index contributed by atoms with van der Waals surface area (Å²) in [5, 5.41) is 0. The van der Waals surface area contributed by atoms with Crippen LogP contribution in [0.25, 0.3) is 0 Å². The molecule has 0 saturated heterocycles. The third kappa shape index (κ3) is 2.06. The first-order chi connectivity index (χ1) is 9.29. The van der Waals surface area contributed by atoms with Crippen LogP contribution >= 0.6 is 0 Å². The molecule has 2 heteroatoms. The summed E-state index contributed by atoms with van der Waals surface area (Å²) in [5.41, 5.74) is 9.95. The van der Waals surface area contributed by atoms with Gasteiger partial charge in [0.1, 0.15) is 0 Å². The predicted molar refractivity (Wildman–Crippen MR) is 78.8 cm³/mol. The molecule has 3 aliphatic rings. The van der Waals surface area contributed by atoms with E-state index in [1.807, 2.05) is 6.07 Å². The highest BCUT2D eigenvalue weighted by Crippen LogP contribution is 2.48. The van der Waals surface area contributed by atoms with Gasteiger partial charge in [0.05, 0.1) is 0 Å². The van der Waals surface area contributed by atoms with Crippen LogP contribution in [0.5, 0.6) is 0 Å². The maximum atomic E-state index is 6.08. The Morgan fingerprint density at radius 3 is 2.95 bits per heavy atom. The van der Waals surface area contributed by atoms with Crippen molar-refractivity contribution >= 4 is 5.69 Å². The van der Waals surface area contributed by atoms with E-state index in [4.69, 9.17) is 5.73 Å². The molecule has 2 aliphatic carbocycles. The molecule has 2 bridgehead atoms. The molecule has 3 atom stereocenters. The smallest absolute Gasteiger partial charge is 0.0350 e. The van der Waals surface area contributed by atoms with E-state index < -0.39 is 0 Å². The van der Waals surface area contributed by atoms with Crippen LogP contribution in [0.2, 0.25) is 0 Å². The first kappa shape index (κ1) is 11.8. The molecule has 2 nitrogen and oxygen atoms in total. The number of nitrogens with zero attached hydrogens (tertiary/aromatic N) is 1. The lowest BCUT2D eigenvalue weighted by Gasteiger charge is -2.33. The van der Waals surface area contributed by atoms with Crippen LogP contribution < -0.4 is 5.73 Å². The number of rotatable bonds is 2. The molecule has 1 aromatic carbocycles. The molecule has 2 N–H and O–H groups in total. The molecule has 1 aliphatic heterocycles. The molecular formula is C17H24N2. The van der Waals surface area contributed by atoms with Gasteiger partial charge < -0.3 is 5.73 Å². The molecule has 0 amide bonds. The van der Waals surface area contributed by atoms with E-state index in [0.717, 1.165) is 36.4 Å². The van der Waals surface area contributed by atoms with Gasteiger partial charge in [-0.1, -0.05) is 18.6 Å². The second-order valence-corrected chi connectivity index (χ2v) is 6.90. The third-order valence-corrected chi connectivity index (χ3v) is 5.76. The Balaban J connectivity index is 1.45. The monoisotopic (exact) mass is 256 g/mol. The van der Waals surface area contributed by atoms with E-state index in [2.05, 4.69) is 17.0 Å².